The van der Waals surface area contributed by atoms with E-state index in [1.54, 1.807) is 29.8 Å². The third-order valence-electron chi connectivity index (χ3n) is 2.55. The van der Waals surface area contributed by atoms with Crippen molar-refractivity contribution < 1.29 is 4.74 Å². The van der Waals surface area contributed by atoms with Gasteiger partial charge in [0.15, 0.2) is 0 Å². The quantitative estimate of drug-likeness (QED) is 0.712. The molecule has 1 aromatic carbocycles. The highest BCUT2D eigenvalue weighted by atomic mass is 32.1. The molecule has 3 rings (SSSR count). The van der Waals surface area contributed by atoms with E-state index < -0.39 is 0 Å². The fourth-order valence-electron chi connectivity index (χ4n) is 1.72. The smallest absolute Gasteiger partial charge is 0.120 e. The van der Waals surface area contributed by atoms with Crippen LogP contribution in [0.3, 0.4) is 0 Å². The van der Waals surface area contributed by atoms with E-state index in [1.165, 1.54) is 9.58 Å². The Morgan fingerprint density at radius 3 is 3.00 bits per heavy atom. The van der Waals surface area contributed by atoms with Gasteiger partial charge in [-0.25, -0.2) is 4.98 Å². The number of hydrogen-bond acceptors (Lipinski definition) is 4. The van der Waals surface area contributed by atoms with Crippen molar-refractivity contribution >= 4 is 32.9 Å². The summed E-state index contributed by atoms with van der Waals surface area (Å²) in [6.07, 6.45) is 0.930. The Kier molecular flexibility index (Phi) is 2.82. The molecule has 17 heavy (non-hydrogen) atoms. The van der Waals surface area contributed by atoms with Gasteiger partial charge in [-0.15, -0.1) is 22.7 Å². The Morgan fingerprint density at radius 2 is 2.24 bits per heavy atom. The maximum Gasteiger partial charge on any atom is 0.120 e. The third kappa shape index (κ3) is 2.18. The van der Waals surface area contributed by atoms with Crippen LogP contribution in [0.1, 0.15) is 9.88 Å². The van der Waals surface area contributed by atoms with Gasteiger partial charge < -0.3 is 4.74 Å². The van der Waals surface area contributed by atoms with Gasteiger partial charge in [-0.1, -0.05) is 6.07 Å². The van der Waals surface area contributed by atoms with Crippen molar-refractivity contribution in [3.8, 4) is 5.75 Å². The average Bonchev–Trinajstić information content (AvgIpc) is 2.96. The minimum Gasteiger partial charge on any atom is -0.497 e. The minimum atomic E-state index is 0.892. The first kappa shape index (κ1) is 10.7. The lowest BCUT2D eigenvalue weighted by molar-refractivity contribution is 0.415. The van der Waals surface area contributed by atoms with Gasteiger partial charge >= 0.3 is 0 Å². The zero-order valence-corrected chi connectivity index (χ0v) is 11.0. The van der Waals surface area contributed by atoms with Crippen LogP contribution in [-0.4, -0.2) is 12.1 Å². The highest BCUT2D eigenvalue weighted by Crippen LogP contribution is 2.28. The Morgan fingerprint density at radius 1 is 1.29 bits per heavy atom. The number of methoxy groups -OCH3 is 1. The maximum absolute atomic E-state index is 5.22. The molecule has 0 unspecified atom stereocenters. The highest BCUT2D eigenvalue weighted by molar-refractivity contribution is 7.18. The standard InChI is InChI=1S/C13H11NOS2/c1-15-9-4-5-11-12(7-9)17-13(14-11)8-10-3-2-6-16-10/h2-7H,8H2,1H3. The van der Waals surface area contributed by atoms with Gasteiger partial charge in [0.1, 0.15) is 5.75 Å². The fraction of sp³-hybridized carbons (Fsp3) is 0.154. The summed E-state index contributed by atoms with van der Waals surface area (Å²) in [5.41, 5.74) is 1.06. The lowest BCUT2D eigenvalue weighted by Crippen LogP contribution is -1.82. The van der Waals surface area contributed by atoms with Crippen molar-refractivity contribution in [1.82, 2.24) is 4.98 Å². The molecule has 0 bridgehead atoms. The van der Waals surface area contributed by atoms with Gasteiger partial charge in [0.2, 0.25) is 0 Å². The van der Waals surface area contributed by atoms with E-state index in [1.807, 2.05) is 18.2 Å². The summed E-state index contributed by atoms with van der Waals surface area (Å²) in [5, 5.41) is 3.27. The SMILES string of the molecule is COc1ccc2nc(Cc3cccs3)sc2c1. The summed E-state index contributed by atoms with van der Waals surface area (Å²) in [5.74, 6) is 0.892. The molecule has 3 aromatic rings. The Bertz CT molecular complexity index is 628. The summed E-state index contributed by atoms with van der Waals surface area (Å²) in [4.78, 5) is 5.99. The number of ether oxygens (including phenoxy) is 1. The molecule has 0 aliphatic rings. The molecule has 0 aliphatic heterocycles. The first-order chi connectivity index (χ1) is 8.35. The van der Waals surface area contributed by atoms with Gasteiger partial charge in [-0.05, 0) is 29.6 Å². The summed E-state index contributed by atoms with van der Waals surface area (Å²) in [6.45, 7) is 0. The van der Waals surface area contributed by atoms with Crippen molar-refractivity contribution in [3.63, 3.8) is 0 Å². The number of benzene rings is 1. The molecule has 0 radical (unpaired) electrons. The van der Waals surface area contributed by atoms with Crippen LogP contribution < -0.4 is 4.74 Å². The molecule has 0 amide bonds. The first-order valence-corrected chi connectivity index (χ1v) is 7.00. The molecule has 0 aliphatic carbocycles. The molecule has 0 atom stereocenters. The van der Waals surface area contributed by atoms with E-state index in [2.05, 4.69) is 22.5 Å². The molecule has 4 heteroatoms. The van der Waals surface area contributed by atoms with Crippen LogP contribution >= 0.6 is 22.7 Å². The van der Waals surface area contributed by atoms with E-state index in [0.717, 1.165) is 22.7 Å². The molecular weight excluding hydrogens is 250 g/mol. The van der Waals surface area contributed by atoms with E-state index in [9.17, 15) is 0 Å². The Hall–Kier alpha value is -1.39. The van der Waals surface area contributed by atoms with Gasteiger partial charge in [0.05, 0.1) is 22.3 Å². The van der Waals surface area contributed by atoms with Gasteiger partial charge in [-0.2, -0.15) is 0 Å². The summed E-state index contributed by atoms with van der Waals surface area (Å²) < 4.78 is 6.41. The molecule has 0 fully saturated rings. The van der Waals surface area contributed by atoms with Crippen LogP contribution in [0.4, 0.5) is 0 Å². The molecule has 2 heterocycles. The van der Waals surface area contributed by atoms with E-state index in [4.69, 9.17) is 4.74 Å². The van der Waals surface area contributed by atoms with Crippen molar-refractivity contribution in [3.05, 3.63) is 45.6 Å². The number of thiazole rings is 1. The van der Waals surface area contributed by atoms with E-state index in [-0.39, 0.29) is 0 Å². The normalized spacial score (nSPS) is 10.9. The number of thiophene rings is 1. The molecular formula is C13H11NOS2. The molecule has 0 saturated heterocycles. The van der Waals surface area contributed by atoms with Crippen LogP contribution in [0.15, 0.2) is 35.7 Å². The van der Waals surface area contributed by atoms with Crippen molar-refractivity contribution in [2.75, 3.05) is 7.11 Å². The van der Waals surface area contributed by atoms with Crippen LogP contribution in [0, 0.1) is 0 Å². The summed E-state index contributed by atoms with van der Waals surface area (Å²) in [7, 11) is 1.69. The monoisotopic (exact) mass is 261 g/mol. The van der Waals surface area contributed by atoms with Crippen LogP contribution in [0.25, 0.3) is 10.2 Å². The van der Waals surface area contributed by atoms with Crippen molar-refractivity contribution in [2.45, 2.75) is 6.42 Å². The molecule has 2 nitrogen and oxygen atoms in total. The second-order valence-electron chi connectivity index (χ2n) is 3.70. The number of aromatic nitrogens is 1. The minimum absolute atomic E-state index is 0.892. The largest absolute Gasteiger partial charge is 0.497 e. The predicted octanol–water partition coefficient (Wildman–Crippen LogP) is 3.96. The third-order valence-corrected chi connectivity index (χ3v) is 4.44. The zero-order chi connectivity index (χ0) is 11.7. The zero-order valence-electron chi connectivity index (χ0n) is 9.34. The number of fused-ring (bicyclic) bond motifs is 1. The highest BCUT2D eigenvalue weighted by Gasteiger charge is 2.06. The van der Waals surface area contributed by atoms with Crippen molar-refractivity contribution in [2.24, 2.45) is 0 Å². The lowest BCUT2D eigenvalue weighted by Gasteiger charge is -1.96. The number of rotatable bonds is 3. The fourth-order valence-corrected chi connectivity index (χ4v) is 3.54. The summed E-state index contributed by atoms with van der Waals surface area (Å²) in [6, 6.07) is 10.2. The topological polar surface area (TPSA) is 22.1 Å². The number of nitrogens with zero attached hydrogens (tertiary/aromatic N) is 1. The maximum atomic E-state index is 5.22. The van der Waals surface area contributed by atoms with Gasteiger partial charge in [0, 0.05) is 11.3 Å². The molecule has 86 valence electrons. The lowest BCUT2D eigenvalue weighted by atomic mass is 10.3. The molecule has 0 saturated carbocycles. The van der Waals surface area contributed by atoms with Crippen LogP contribution in [0.5, 0.6) is 5.75 Å². The predicted molar refractivity (Wildman–Crippen MR) is 73.3 cm³/mol. The van der Waals surface area contributed by atoms with Gasteiger partial charge in [0.25, 0.3) is 0 Å². The Labute approximate surface area is 108 Å². The summed E-state index contributed by atoms with van der Waals surface area (Å²) >= 11 is 3.52. The molecule has 0 N–H and O–H groups in total. The molecule has 0 spiro atoms. The average molecular weight is 261 g/mol. The molecule has 2 aromatic heterocycles. The second-order valence-corrected chi connectivity index (χ2v) is 5.84. The Balaban J connectivity index is 1.96. The van der Waals surface area contributed by atoms with Crippen molar-refractivity contribution in [1.29, 1.82) is 0 Å². The van der Waals surface area contributed by atoms with E-state index >= 15 is 0 Å². The van der Waals surface area contributed by atoms with Gasteiger partial charge in [-0.3, -0.25) is 0 Å². The van der Waals surface area contributed by atoms with Crippen LogP contribution in [-0.2, 0) is 6.42 Å². The second kappa shape index (κ2) is 4.47. The first-order valence-electron chi connectivity index (χ1n) is 5.31. The van der Waals surface area contributed by atoms with E-state index in [0.29, 0.717) is 0 Å². The van der Waals surface area contributed by atoms with Crippen LogP contribution in [0.2, 0.25) is 0 Å². The number of hydrogen-bond donors (Lipinski definition) is 0.